The molecule has 0 saturated carbocycles. The Balaban J connectivity index is 1.61. The fourth-order valence-corrected chi connectivity index (χ4v) is 4.79. The highest BCUT2D eigenvalue weighted by atomic mass is 32.2. The van der Waals surface area contributed by atoms with Crippen LogP contribution in [0.5, 0.6) is 5.75 Å². The summed E-state index contributed by atoms with van der Waals surface area (Å²) in [5, 5.41) is 12.7. The summed E-state index contributed by atoms with van der Waals surface area (Å²) in [4.78, 5) is 12.4. The second kappa shape index (κ2) is 14.6. The molecule has 3 aromatic rings. The van der Waals surface area contributed by atoms with E-state index in [4.69, 9.17) is 4.74 Å². The summed E-state index contributed by atoms with van der Waals surface area (Å²) in [7, 11) is 1.68. The van der Waals surface area contributed by atoms with Gasteiger partial charge in [0.2, 0.25) is 5.91 Å². The number of carbonyl (C=O) groups is 1. The molecule has 7 heteroatoms. The number of rotatable bonds is 15. The number of hydrogen-bond acceptors (Lipinski definition) is 5. The van der Waals surface area contributed by atoms with Gasteiger partial charge >= 0.3 is 0 Å². The Bertz CT molecular complexity index is 1050. The maximum absolute atomic E-state index is 12.4. The summed E-state index contributed by atoms with van der Waals surface area (Å²) in [6, 6.07) is 16.3. The number of aromatic nitrogens is 3. The van der Waals surface area contributed by atoms with E-state index >= 15 is 0 Å². The van der Waals surface area contributed by atoms with Crippen LogP contribution in [0.25, 0.3) is 5.69 Å². The third-order valence-corrected chi connectivity index (χ3v) is 6.95. The van der Waals surface area contributed by atoms with Crippen LogP contribution in [0.1, 0.15) is 75.2 Å². The molecule has 1 heterocycles. The van der Waals surface area contributed by atoms with Crippen LogP contribution in [0.15, 0.2) is 53.7 Å². The van der Waals surface area contributed by atoms with Crippen LogP contribution in [0.3, 0.4) is 0 Å². The van der Waals surface area contributed by atoms with Crippen LogP contribution < -0.4 is 10.1 Å². The Morgan fingerprint density at radius 1 is 1.00 bits per heavy atom. The van der Waals surface area contributed by atoms with Gasteiger partial charge in [-0.1, -0.05) is 87.0 Å². The first-order chi connectivity index (χ1) is 17.1. The number of aryl methyl sites for hydroxylation is 1. The number of nitrogens with one attached hydrogen (secondary N) is 1. The summed E-state index contributed by atoms with van der Waals surface area (Å²) in [6.45, 7) is 4.65. The van der Waals surface area contributed by atoms with Gasteiger partial charge in [-0.05, 0) is 43.2 Å². The van der Waals surface area contributed by atoms with Crippen molar-refractivity contribution >= 4 is 17.7 Å². The first-order valence-corrected chi connectivity index (χ1v) is 13.6. The van der Waals surface area contributed by atoms with Gasteiger partial charge in [-0.25, -0.2) is 0 Å². The van der Waals surface area contributed by atoms with Crippen LogP contribution in [0.4, 0.5) is 0 Å². The van der Waals surface area contributed by atoms with E-state index in [1.807, 2.05) is 22.8 Å². The van der Waals surface area contributed by atoms with Crippen molar-refractivity contribution in [2.75, 3.05) is 7.11 Å². The van der Waals surface area contributed by atoms with Gasteiger partial charge in [-0.3, -0.25) is 9.36 Å². The molecule has 1 N–H and O–H groups in total. The number of benzene rings is 2. The van der Waals surface area contributed by atoms with Gasteiger partial charge in [-0.15, -0.1) is 10.2 Å². The lowest BCUT2D eigenvalue weighted by atomic mass is 10.1. The van der Waals surface area contributed by atoms with Crippen molar-refractivity contribution in [3.8, 4) is 11.4 Å². The van der Waals surface area contributed by atoms with E-state index in [9.17, 15) is 4.79 Å². The first-order valence-electron chi connectivity index (χ1n) is 12.6. The molecule has 3 rings (SSSR count). The molecular weight excluding hydrogens is 456 g/mol. The van der Waals surface area contributed by atoms with Crippen molar-refractivity contribution in [1.82, 2.24) is 20.1 Å². The highest BCUT2D eigenvalue weighted by molar-refractivity contribution is 7.98. The van der Waals surface area contributed by atoms with E-state index in [0.29, 0.717) is 13.0 Å². The number of unbranched alkanes of at least 4 members (excludes halogenated alkanes) is 6. The summed E-state index contributed by atoms with van der Waals surface area (Å²) < 4.78 is 7.38. The molecule has 0 fully saturated rings. The molecule has 0 aliphatic carbocycles. The number of amides is 1. The molecule has 0 saturated heterocycles. The lowest BCUT2D eigenvalue weighted by Crippen LogP contribution is -2.24. The number of methoxy groups -OCH3 is 1. The van der Waals surface area contributed by atoms with Gasteiger partial charge < -0.3 is 10.1 Å². The number of nitrogens with zero attached hydrogens (tertiary/aromatic N) is 3. The van der Waals surface area contributed by atoms with E-state index in [1.54, 1.807) is 18.9 Å². The van der Waals surface area contributed by atoms with Crippen molar-refractivity contribution in [2.24, 2.45) is 0 Å². The largest absolute Gasteiger partial charge is 0.497 e. The Hall–Kier alpha value is -2.80. The van der Waals surface area contributed by atoms with Crippen molar-refractivity contribution in [2.45, 2.75) is 82.7 Å². The standard InChI is InChI=1S/C28H38N4O2S/c1-4-5-6-7-8-9-10-14-27(33)29-20-26-30-31-28(32(26)24-17-15-22(2)16-18-24)35-21-23-12-11-13-25(19-23)34-3/h11-13,15-19H,4-10,14,20-21H2,1-3H3,(H,29,33). The predicted molar refractivity (Wildman–Crippen MR) is 143 cm³/mol. The zero-order valence-electron chi connectivity index (χ0n) is 21.3. The van der Waals surface area contributed by atoms with Crippen LogP contribution >= 0.6 is 11.8 Å². The SMILES string of the molecule is CCCCCCCCCC(=O)NCc1nnc(SCc2cccc(OC)c2)n1-c1ccc(C)cc1. The Kier molecular flexibility index (Phi) is 11.2. The maximum atomic E-state index is 12.4. The average molecular weight is 495 g/mol. The van der Waals surface area contributed by atoms with Gasteiger partial charge in [0.05, 0.1) is 13.7 Å². The van der Waals surface area contributed by atoms with Crippen LogP contribution in [0, 0.1) is 6.92 Å². The number of hydrogen-bond donors (Lipinski definition) is 1. The highest BCUT2D eigenvalue weighted by Gasteiger charge is 2.16. The van der Waals surface area contributed by atoms with Crippen molar-refractivity contribution in [3.05, 3.63) is 65.5 Å². The molecule has 1 aromatic heterocycles. The second-order valence-corrected chi connectivity index (χ2v) is 9.80. The minimum atomic E-state index is 0.0718. The molecule has 6 nitrogen and oxygen atoms in total. The van der Waals surface area contributed by atoms with E-state index in [0.717, 1.165) is 46.6 Å². The van der Waals surface area contributed by atoms with Gasteiger partial charge in [0.15, 0.2) is 11.0 Å². The third-order valence-electron chi connectivity index (χ3n) is 5.95. The first kappa shape index (κ1) is 26.8. The summed E-state index contributed by atoms with van der Waals surface area (Å²) in [5.41, 5.74) is 3.33. The Morgan fingerprint density at radius 2 is 1.74 bits per heavy atom. The van der Waals surface area contributed by atoms with Crippen molar-refractivity contribution < 1.29 is 9.53 Å². The van der Waals surface area contributed by atoms with Crippen LogP contribution in [0.2, 0.25) is 0 Å². The highest BCUT2D eigenvalue weighted by Crippen LogP contribution is 2.27. The summed E-state index contributed by atoms with van der Waals surface area (Å²) in [6.07, 6.45) is 8.96. The van der Waals surface area contributed by atoms with E-state index in [-0.39, 0.29) is 5.91 Å². The predicted octanol–water partition coefficient (Wildman–Crippen LogP) is 6.63. The van der Waals surface area contributed by atoms with Gasteiger partial charge in [0, 0.05) is 17.9 Å². The molecular formula is C28H38N4O2S. The molecule has 1 amide bonds. The smallest absolute Gasteiger partial charge is 0.220 e. The molecule has 2 aromatic carbocycles. The average Bonchev–Trinajstić information content (AvgIpc) is 3.29. The monoisotopic (exact) mass is 494 g/mol. The van der Waals surface area contributed by atoms with E-state index in [1.165, 1.54) is 37.7 Å². The van der Waals surface area contributed by atoms with E-state index < -0.39 is 0 Å². The fourth-order valence-electron chi connectivity index (χ4n) is 3.88. The Morgan fingerprint density at radius 3 is 2.49 bits per heavy atom. The van der Waals surface area contributed by atoms with Crippen LogP contribution in [-0.4, -0.2) is 27.8 Å². The molecule has 35 heavy (non-hydrogen) atoms. The number of ether oxygens (including phenoxy) is 1. The zero-order valence-corrected chi connectivity index (χ0v) is 22.1. The van der Waals surface area contributed by atoms with E-state index in [2.05, 4.69) is 59.7 Å². The second-order valence-electron chi connectivity index (χ2n) is 8.86. The fraction of sp³-hybridized carbons (Fsp3) is 0.464. The maximum Gasteiger partial charge on any atom is 0.220 e. The van der Waals surface area contributed by atoms with Gasteiger partial charge in [0.25, 0.3) is 0 Å². The summed E-state index contributed by atoms with van der Waals surface area (Å²) in [5.74, 6) is 2.39. The van der Waals surface area contributed by atoms with Crippen LogP contribution in [-0.2, 0) is 17.1 Å². The quantitative estimate of drug-likeness (QED) is 0.190. The molecule has 0 aliphatic rings. The molecule has 188 valence electrons. The minimum Gasteiger partial charge on any atom is -0.497 e. The number of thioether (sulfide) groups is 1. The molecule has 0 aliphatic heterocycles. The van der Waals surface area contributed by atoms with Crippen molar-refractivity contribution in [3.63, 3.8) is 0 Å². The minimum absolute atomic E-state index is 0.0718. The molecule has 0 spiro atoms. The lowest BCUT2D eigenvalue weighted by Gasteiger charge is -2.12. The lowest BCUT2D eigenvalue weighted by molar-refractivity contribution is -0.121. The Labute approximate surface area is 213 Å². The van der Waals surface area contributed by atoms with Gasteiger partial charge in [0.1, 0.15) is 5.75 Å². The molecule has 0 unspecified atom stereocenters. The van der Waals surface area contributed by atoms with Crippen molar-refractivity contribution in [1.29, 1.82) is 0 Å². The molecule has 0 radical (unpaired) electrons. The third kappa shape index (κ3) is 8.73. The molecule has 0 atom stereocenters. The molecule has 0 bridgehead atoms. The zero-order chi connectivity index (χ0) is 24.9. The summed E-state index contributed by atoms with van der Waals surface area (Å²) >= 11 is 1.62. The normalized spacial score (nSPS) is 10.9. The van der Waals surface area contributed by atoms with Gasteiger partial charge in [-0.2, -0.15) is 0 Å². The number of carbonyl (C=O) groups excluding carboxylic acids is 1. The topological polar surface area (TPSA) is 69.0 Å².